The van der Waals surface area contributed by atoms with Crippen LogP contribution < -0.4 is 5.32 Å². The highest BCUT2D eigenvalue weighted by atomic mass is 16.5. The first kappa shape index (κ1) is 14.4. The van der Waals surface area contributed by atoms with E-state index in [-0.39, 0.29) is 17.6 Å². The lowest BCUT2D eigenvalue weighted by atomic mass is 9.97. The largest absolute Gasteiger partial charge is 0.384 e. The molecule has 1 aromatic rings. The number of carbonyl (C=O) groups is 1. The average Bonchev–Trinajstić information content (AvgIpc) is 2.44. The standard InChI is InChI=1S/C17H24N2O2/c1-12-10-19(11-17(2,3)21-12)16(20)14-8-4-6-13-7-5-9-18-15(13)14/h4,6,8,12,18H,5,7,9-11H2,1-3H3. The van der Waals surface area contributed by atoms with E-state index in [1.807, 2.05) is 37.8 Å². The molecule has 4 nitrogen and oxygen atoms in total. The highest BCUT2D eigenvalue weighted by Crippen LogP contribution is 2.29. The molecule has 0 spiro atoms. The maximum atomic E-state index is 12.9. The molecule has 1 atom stereocenters. The fourth-order valence-corrected chi connectivity index (χ4v) is 3.47. The van der Waals surface area contributed by atoms with Crippen molar-refractivity contribution in [3.63, 3.8) is 0 Å². The molecule has 0 aromatic heterocycles. The summed E-state index contributed by atoms with van der Waals surface area (Å²) in [6.07, 6.45) is 2.26. The number of amides is 1. The molecule has 2 aliphatic heterocycles. The number of nitrogens with zero attached hydrogens (tertiary/aromatic N) is 1. The molecule has 114 valence electrons. The van der Waals surface area contributed by atoms with Crippen LogP contribution in [0.2, 0.25) is 0 Å². The van der Waals surface area contributed by atoms with Crippen LogP contribution in [-0.4, -0.2) is 42.1 Å². The molecule has 0 aliphatic carbocycles. The number of aryl methyl sites for hydroxylation is 1. The molecule has 3 rings (SSSR count). The van der Waals surface area contributed by atoms with Gasteiger partial charge in [-0.25, -0.2) is 0 Å². The van der Waals surface area contributed by atoms with E-state index < -0.39 is 0 Å². The van der Waals surface area contributed by atoms with Crippen molar-refractivity contribution in [1.82, 2.24) is 4.90 Å². The number of para-hydroxylation sites is 1. The van der Waals surface area contributed by atoms with Gasteiger partial charge in [0.1, 0.15) is 0 Å². The third kappa shape index (κ3) is 2.91. The van der Waals surface area contributed by atoms with Crippen LogP contribution in [0.3, 0.4) is 0 Å². The quantitative estimate of drug-likeness (QED) is 0.864. The van der Waals surface area contributed by atoms with E-state index in [4.69, 9.17) is 4.74 Å². The predicted molar refractivity (Wildman–Crippen MR) is 83.8 cm³/mol. The van der Waals surface area contributed by atoms with Crippen molar-refractivity contribution in [2.24, 2.45) is 0 Å². The summed E-state index contributed by atoms with van der Waals surface area (Å²) in [7, 11) is 0. The molecule has 1 N–H and O–H groups in total. The highest BCUT2D eigenvalue weighted by molar-refractivity contribution is 6.00. The maximum absolute atomic E-state index is 12.9. The Labute approximate surface area is 126 Å². The van der Waals surface area contributed by atoms with Gasteiger partial charge in [0.25, 0.3) is 5.91 Å². The smallest absolute Gasteiger partial charge is 0.256 e. The second kappa shape index (κ2) is 5.34. The molecular weight excluding hydrogens is 264 g/mol. The Hall–Kier alpha value is -1.55. The summed E-state index contributed by atoms with van der Waals surface area (Å²) in [4.78, 5) is 14.9. The number of morpholine rings is 1. The van der Waals surface area contributed by atoms with Crippen molar-refractivity contribution in [1.29, 1.82) is 0 Å². The minimum Gasteiger partial charge on any atom is -0.384 e. The van der Waals surface area contributed by atoms with E-state index in [9.17, 15) is 4.79 Å². The molecule has 0 saturated carbocycles. The molecular formula is C17H24N2O2. The van der Waals surface area contributed by atoms with Gasteiger partial charge in [-0.05, 0) is 45.2 Å². The molecule has 2 aliphatic rings. The Morgan fingerprint density at radius 2 is 2.24 bits per heavy atom. The SMILES string of the molecule is CC1CN(C(=O)c2cccc3c2NCCC3)CC(C)(C)O1. The first-order valence-electron chi connectivity index (χ1n) is 7.79. The zero-order valence-corrected chi connectivity index (χ0v) is 13.1. The molecule has 0 radical (unpaired) electrons. The Balaban J connectivity index is 1.88. The zero-order chi connectivity index (χ0) is 15.0. The number of fused-ring (bicyclic) bond motifs is 1. The fourth-order valence-electron chi connectivity index (χ4n) is 3.47. The van der Waals surface area contributed by atoms with Gasteiger partial charge in [0.05, 0.1) is 23.0 Å². The lowest BCUT2D eigenvalue weighted by molar-refractivity contribution is -0.118. The van der Waals surface area contributed by atoms with Gasteiger partial charge in [-0.2, -0.15) is 0 Å². The summed E-state index contributed by atoms with van der Waals surface area (Å²) in [6.45, 7) is 8.36. The summed E-state index contributed by atoms with van der Waals surface area (Å²) in [6, 6.07) is 6.05. The van der Waals surface area contributed by atoms with E-state index in [2.05, 4.69) is 11.4 Å². The van der Waals surface area contributed by atoms with Gasteiger partial charge >= 0.3 is 0 Å². The number of nitrogens with one attached hydrogen (secondary N) is 1. The number of ether oxygens (including phenoxy) is 1. The molecule has 1 unspecified atom stereocenters. The van der Waals surface area contributed by atoms with Crippen LogP contribution in [-0.2, 0) is 11.2 Å². The Bertz CT molecular complexity index is 554. The van der Waals surface area contributed by atoms with Crippen LogP contribution in [0.5, 0.6) is 0 Å². The minimum absolute atomic E-state index is 0.0743. The van der Waals surface area contributed by atoms with Gasteiger partial charge in [-0.15, -0.1) is 0 Å². The van der Waals surface area contributed by atoms with Gasteiger partial charge in [-0.1, -0.05) is 12.1 Å². The van der Waals surface area contributed by atoms with E-state index >= 15 is 0 Å². The van der Waals surface area contributed by atoms with Crippen molar-refractivity contribution in [2.75, 3.05) is 25.0 Å². The van der Waals surface area contributed by atoms with Crippen molar-refractivity contribution < 1.29 is 9.53 Å². The van der Waals surface area contributed by atoms with Crippen LogP contribution in [0.25, 0.3) is 0 Å². The normalized spacial score (nSPS) is 24.1. The zero-order valence-electron chi connectivity index (χ0n) is 13.1. The summed E-state index contributed by atoms with van der Waals surface area (Å²) >= 11 is 0. The van der Waals surface area contributed by atoms with Crippen LogP contribution >= 0.6 is 0 Å². The van der Waals surface area contributed by atoms with Crippen LogP contribution in [0.1, 0.15) is 43.1 Å². The van der Waals surface area contributed by atoms with Crippen LogP contribution in [0, 0.1) is 0 Å². The minimum atomic E-state index is -0.282. The lowest BCUT2D eigenvalue weighted by Crippen LogP contribution is -2.53. The average molecular weight is 288 g/mol. The first-order valence-corrected chi connectivity index (χ1v) is 7.79. The molecule has 1 amide bonds. The Morgan fingerprint density at radius 3 is 3.00 bits per heavy atom. The Kier molecular flexibility index (Phi) is 3.66. The number of anilines is 1. The molecule has 1 saturated heterocycles. The van der Waals surface area contributed by atoms with Gasteiger partial charge < -0.3 is 15.0 Å². The van der Waals surface area contributed by atoms with Gasteiger partial charge in [-0.3, -0.25) is 4.79 Å². The summed E-state index contributed by atoms with van der Waals surface area (Å²) in [5.74, 6) is 0.115. The summed E-state index contributed by atoms with van der Waals surface area (Å²) < 4.78 is 5.89. The monoisotopic (exact) mass is 288 g/mol. The molecule has 1 fully saturated rings. The van der Waals surface area contributed by atoms with E-state index in [0.717, 1.165) is 30.6 Å². The fraction of sp³-hybridized carbons (Fsp3) is 0.588. The number of rotatable bonds is 1. The van der Waals surface area contributed by atoms with E-state index in [1.165, 1.54) is 5.56 Å². The molecule has 4 heteroatoms. The number of benzene rings is 1. The predicted octanol–water partition coefficient (Wildman–Crippen LogP) is 2.68. The van der Waals surface area contributed by atoms with Gasteiger partial charge in [0, 0.05) is 19.6 Å². The van der Waals surface area contributed by atoms with Crippen LogP contribution in [0.4, 0.5) is 5.69 Å². The van der Waals surface area contributed by atoms with Crippen LogP contribution in [0.15, 0.2) is 18.2 Å². The summed E-state index contributed by atoms with van der Waals surface area (Å²) in [5.41, 5.74) is 2.81. The van der Waals surface area contributed by atoms with Gasteiger partial charge in [0.2, 0.25) is 0 Å². The number of carbonyl (C=O) groups excluding carboxylic acids is 1. The van der Waals surface area contributed by atoms with Crippen molar-refractivity contribution in [3.05, 3.63) is 29.3 Å². The highest BCUT2D eigenvalue weighted by Gasteiger charge is 2.34. The van der Waals surface area contributed by atoms with Gasteiger partial charge in [0.15, 0.2) is 0 Å². The van der Waals surface area contributed by atoms with Crippen molar-refractivity contribution in [2.45, 2.75) is 45.3 Å². The number of hydrogen-bond acceptors (Lipinski definition) is 3. The maximum Gasteiger partial charge on any atom is 0.256 e. The lowest BCUT2D eigenvalue weighted by Gasteiger charge is -2.42. The van der Waals surface area contributed by atoms with Crippen molar-refractivity contribution in [3.8, 4) is 0 Å². The second-order valence-electron chi connectivity index (χ2n) is 6.74. The summed E-state index contributed by atoms with van der Waals surface area (Å²) in [5, 5.41) is 3.40. The second-order valence-corrected chi connectivity index (χ2v) is 6.74. The Morgan fingerprint density at radius 1 is 1.43 bits per heavy atom. The third-order valence-electron chi connectivity index (χ3n) is 4.16. The van der Waals surface area contributed by atoms with E-state index in [0.29, 0.717) is 13.1 Å². The number of hydrogen-bond donors (Lipinski definition) is 1. The van der Waals surface area contributed by atoms with Crippen molar-refractivity contribution >= 4 is 11.6 Å². The third-order valence-corrected chi connectivity index (χ3v) is 4.16. The molecule has 0 bridgehead atoms. The topological polar surface area (TPSA) is 41.6 Å². The molecule has 1 aromatic carbocycles. The van der Waals surface area contributed by atoms with E-state index in [1.54, 1.807) is 0 Å². The molecule has 21 heavy (non-hydrogen) atoms. The molecule has 2 heterocycles. The first-order chi connectivity index (χ1) is 9.96.